The fourth-order valence-corrected chi connectivity index (χ4v) is 4.29. The summed E-state index contributed by atoms with van der Waals surface area (Å²) >= 11 is 1.57. The minimum Gasteiger partial charge on any atom is -0.336 e. The first-order chi connectivity index (χ1) is 11.5. The Morgan fingerprint density at radius 3 is 2.79 bits per heavy atom. The molecule has 0 aliphatic carbocycles. The molecule has 24 heavy (non-hydrogen) atoms. The number of hydrogen-bond donors (Lipinski definition) is 0. The first kappa shape index (κ1) is 17.1. The molecule has 0 unspecified atom stereocenters. The van der Waals surface area contributed by atoms with Crippen LogP contribution >= 0.6 is 11.3 Å². The van der Waals surface area contributed by atoms with Crippen molar-refractivity contribution in [1.82, 2.24) is 14.8 Å². The molecule has 1 aliphatic heterocycles. The highest BCUT2D eigenvalue weighted by molar-refractivity contribution is 7.09. The fourth-order valence-electron chi connectivity index (χ4n) is 3.40. The number of benzene rings is 1. The third-order valence-corrected chi connectivity index (χ3v) is 5.51. The van der Waals surface area contributed by atoms with E-state index in [0.29, 0.717) is 5.69 Å². The van der Waals surface area contributed by atoms with Crippen LogP contribution in [0.4, 0.5) is 0 Å². The van der Waals surface area contributed by atoms with E-state index in [1.165, 1.54) is 5.56 Å². The van der Waals surface area contributed by atoms with E-state index in [1.807, 2.05) is 30.4 Å². The van der Waals surface area contributed by atoms with Crippen LogP contribution in [0, 0.1) is 0 Å². The van der Waals surface area contributed by atoms with Crippen LogP contribution in [-0.4, -0.2) is 47.9 Å². The maximum Gasteiger partial charge on any atom is 0.273 e. The summed E-state index contributed by atoms with van der Waals surface area (Å²) < 4.78 is 0. The molecule has 0 radical (unpaired) electrons. The van der Waals surface area contributed by atoms with Gasteiger partial charge in [0.2, 0.25) is 0 Å². The smallest absolute Gasteiger partial charge is 0.273 e. The Labute approximate surface area is 148 Å². The van der Waals surface area contributed by atoms with Gasteiger partial charge in [-0.1, -0.05) is 37.3 Å². The van der Waals surface area contributed by atoms with Crippen LogP contribution in [0.1, 0.15) is 40.8 Å². The van der Waals surface area contributed by atoms with Gasteiger partial charge >= 0.3 is 0 Å². The number of carbonyl (C=O) groups is 1. The highest BCUT2D eigenvalue weighted by Gasteiger charge is 2.35. The van der Waals surface area contributed by atoms with E-state index < -0.39 is 0 Å². The number of rotatable bonds is 4. The number of amides is 1. The zero-order valence-electron chi connectivity index (χ0n) is 14.7. The van der Waals surface area contributed by atoms with Gasteiger partial charge in [-0.2, -0.15) is 0 Å². The molecule has 0 spiro atoms. The lowest BCUT2D eigenvalue weighted by molar-refractivity contribution is 0.0645. The third-order valence-electron chi connectivity index (χ3n) is 4.68. The van der Waals surface area contributed by atoms with Gasteiger partial charge in [0.05, 0.1) is 0 Å². The topological polar surface area (TPSA) is 36.4 Å². The van der Waals surface area contributed by atoms with Crippen LogP contribution in [0.2, 0.25) is 0 Å². The molecule has 0 N–H and O–H groups in total. The summed E-state index contributed by atoms with van der Waals surface area (Å²) in [5.74, 6) is 0.0677. The molecule has 2 aromatic rings. The van der Waals surface area contributed by atoms with E-state index in [1.54, 1.807) is 11.3 Å². The molecule has 1 aromatic heterocycles. The van der Waals surface area contributed by atoms with Crippen molar-refractivity contribution in [2.24, 2.45) is 0 Å². The maximum atomic E-state index is 12.9. The van der Waals surface area contributed by atoms with Crippen molar-refractivity contribution in [2.45, 2.75) is 31.7 Å². The van der Waals surface area contributed by atoms with Gasteiger partial charge in [0, 0.05) is 30.4 Å². The second-order valence-corrected chi connectivity index (χ2v) is 8.06. The number of likely N-dealkylation sites (tertiary alicyclic amines) is 1. The predicted octanol–water partition coefficient (Wildman–Crippen LogP) is 3.40. The normalized spacial score (nSPS) is 21.2. The molecular weight excluding hydrogens is 318 g/mol. The number of piperidine rings is 1. The van der Waals surface area contributed by atoms with Gasteiger partial charge in [0.1, 0.15) is 10.7 Å². The van der Waals surface area contributed by atoms with Crippen molar-refractivity contribution in [3.05, 3.63) is 52.0 Å². The van der Waals surface area contributed by atoms with E-state index in [0.717, 1.165) is 37.5 Å². The summed E-state index contributed by atoms with van der Waals surface area (Å²) in [6.45, 7) is 4.62. The van der Waals surface area contributed by atoms with E-state index in [2.05, 4.69) is 41.1 Å². The second-order valence-electron chi connectivity index (χ2n) is 7.12. The van der Waals surface area contributed by atoms with Crippen LogP contribution in [0.3, 0.4) is 0 Å². The fraction of sp³-hybridized carbons (Fsp3) is 0.474. The molecule has 1 aromatic carbocycles. The van der Waals surface area contributed by atoms with Crippen LogP contribution in [-0.2, 0) is 12.0 Å². The lowest BCUT2D eigenvalue weighted by atomic mass is 9.76. The van der Waals surface area contributed by atoms with E-state index >= 15 is 0 Å². The Hall–Kier alpha value is -1.72. The van der Waals surface area contributed by atoms with Crippen molar-refractivity contribution in [3.63, 3.8) is 0 Å². The average molecular weight is 343 g/mol. The highest BCUT2D eigenvalue weighted by atomic mass is 32.1. The average Bonchev–Trinajstić information content (AvgIpc) is 3.03. The first-order valence-corrected chi connectivity index (χ1v) is 9.30. The molecule has 0 bridgehead atoms. The summed E-state index contributed by atoms with van der Waals surface area (Å²) in [7, 11) is 4.03. The first-order valence-electron chi connectivity index (χ1n) is 8.42. The predicted molar refractivity (Wildman–Crippen MR) is 98.4 cm³/mol. The summed E-state index contributed by atoms with van der Waals surface area (Å²) in [5.41, 5.74) is 1.93. The lowest BCUT2D eigenvalue weighted by Gasteiger charge is -2.40. The minimum absolute atomic E-state index is 0.0255. The molecule has 1 atom stereocenters. The number of nitrogens with zero attached hydrogens (tertiary/aromatic N) is 3. The Morgan fingerprint density at radius 1 is 1.33 bits per heavy atom. The van der Waals surface area contributed by atoms with Crippen molar-refractivity contribution < 1.29 is 4.79 Å². The third kappa shape index (κ3) is 3.68. The van der Waals surface area contributed by atoms with Gasteiger partial charge in [-0.15, -0.1) is 11.3 Å². The van der Waals surface area contributed by atoms with Gasteiger partial charge < -0.3 is 9.80 Å². The SMILES string of the molecule is CN(C)Cc1nc(C(=O)N2CCC[C@](C)(c3ccccc3)C2)cs1. The Morgan fingerprint density at radius 2 is 2.08 bits per heavy atom. The Kier molecular flexibility index (Phi) is 5.01. The number of thiazole rings is 1. The maximum absolute atomic E-state index is 12.9. The van der Waals surface area contributed by atoms with Crippen molar-refractivity contribution in [2.75, 3.05) is 27.2 Å². The standard InChI is InChI=1S/C19H25N3OS/c1-19(15-8-5-4-6-9-15)10-7-11-22(14-19)18(23)16-13-24-17(20-16)12-21(2)3/h4-6,8-9,13H,7,10-12,14H2,1-3H3/t19-/m0/s1. The lowest BCUT2D eigenvalue weighted by Crippen LogP contribution is -2.47. The summed E-state index contributed by atoms with van der Waals surface area (Å²) in [5, 5.41) is 2.89. The number of hydrogen-bond acceptors (Lipinski definition) is 4. The summed E-state index contributed by atoms with van der Waals surface area (Å²) in [6, 6.07) is 10.5. The number of carbonyl (C=O) groups excluding carboxylic acids is 1. The van der Waals surface area contributed by atoms with E-state index in [9.17, 15) is 4.79 Å². The molecular formula is C19H25N3OS. The van der Waals surface area contributed by atoms with Crippen molar-refractivity contribution >= 4 is 17.2 Å². The molecule has 1 aliphatic rings. The molecule has 1 amide bonds. The molecule has 0 saturated carbocycles. The Balaban J connectivity index is 1.75. The van der Waals surface area contributed by atoms with E-state index in [-0.39, 0.29) is 11.3 Å². The van der Waals surface area contributed by atoms with Crippen molar-refractivity contribution in [1.29, 1.82) is 0 Å². The van der Waals surface area contributed by atoms with Gasteiger partial charge in [-0.3, -0.25) is 4.79 Å². The van der Waals surface area contributed by atoms with Gasteiger partial charge in [-0.25, -0.2) is 4.98 Å². The van der Waals surface area contributed by atoms with Gasteiger partial charge in [0.15, 0.2) is 0 Å². The minimum atomic E-state index is 0.0255. The van der Waals surface area contributed by atoms with Gasteiger partial charge in [-0.05, 0) is 32.5 Å². The van der Waals surface area contributed by atoms with E-state index in [4.69, 9.17) is 0 Å². The molecule has 128 valence electrons. The number of aromatic nitrogens is 1. The van der Waals surface area contributed by atoms with Crippen LogP contribution in [0.15, 0.2) is 35.7 Å². The summed E-state index contributed by atoms with van der Waals surface area (Å²) in [4.78, 5) is 21.5. The van der Waals surface area contributed by atoms with Crippen LogP contribution in [0.25, 0.3) is 0 Å². The summed E-state index contributed by atoms with van der Waals surface area (Å²) in [6.07, 6.45) is 2.15. The molecule has 1 saturated heterocycles. The molecule has 1 fully saturated rings. The molecule has 5 heteroatoms. The molecule has 3 rings (SSSR count). The highest BCUT2D eigenvalue weighted by Crippen LogP contribution is 2.34. The Bertz CT molecular complexity index is 698. The zero-order valence-corrected chi connectivity index (χ0v) is 15.5. The second kappa shape index (κ2) is 7.03. The monoisotopic (exact) mass is 343 g/mol. The largest absolute Gasteiger partial charge is 0.336 e. The quantitative estimate of drug-likeness (QED) is 0.854. The van der Waals surface area contributed by atoms with Gasteiger partial charge in [0.25, 0.3) is 5.91 Å². The zero-order chi connectivity index (χ0) is 17.2. The molecule has 4 nitrogen and oxygen atoms in total. The van der Waals surface area contributed by atoms with Crippen LogP contribution in [0.5, 0.6) is 0 Å². The molecule has 2 heterocycles. The van der Waals surface area contributed by atoms with Crippen LogP contribution < -0.4 is 0 Å². The van der Waals surface area contributed by atoms with Crippen molar-refractivity contribution in [3.8, 4) is 0 Å².